The molecule has 0 aliphatic carbocycles. The molecule has 0 atom stereocenters. The van der Waals surface area contributed by atoms with Crippen molar-refractivity contribution in [3.63, 3.8) is 0 Å². The minimum absolute atomic E-state index is 0.167. The molecule has 0 fully saturated rings. The number of allylic oxidation sites excluding steroid dienone is 1. The van der Waals surface area contributed by atoms with E-state index in [0.29, 0.717) is 0 Å². The lowest BCUT2D eigenvalue weighted by molar-refractivity contribution is 0.674. The summed E-state index contributed by atoms with van der Waals surface area (Å²) in [4.78, 5) is 0. The van der Waals surface area contributed by atoms with Gasteiger partial charge in [0.1, 0.15) is 0 Å². The van der Waals surface area contributed by atoms with Gasteiger partial charge in [0.25, 0.3) is 0 Å². The van der Waals surface area contributed by atoms with E-state index in [1.807, 2.05) is 6.08 Å². The van der Waals surface area contributed by atoms with E-state index in [0.717, 1.165) is 0 Å². The summed E-state index contributed by atoms with van der Waals surface area (Å²) in [7, 11) is 0. The Kier molecular flexibility index (Phi) is 11.0. The molecule has 0 bridgehead atoms. The van der Waals surface area contributed by atoms with E-state index in [2.05, 4.69) is 19.5 Å². The monoisotopic (exact) mass is 214 g/mol. The van der Waals surface area contributed by atoms with Crippen molar-refractivity contribution in [2.45, 2.75) is 36.7 Å². The third-order valence-corrected chi connectivity index (χ3v) is 3.99. The molecule has 0 rings (SSSR count). The number of hydrogen-bond donors (Lipinski definition) is 0. The molecule has 0 aliphatic heterocycles. The Morgan fingerprint density at radius 2 is 1.90 bits per heavy atom. The molecule has 0 unspecified atom stereocenters. The topological polar surface area (TPSA) is 0 Å². The van der Waals surface area contributed by atoms with Crippen LogP contribution in [0.5, 0.6) is 0 Å². The van der Waals surface area contributed by atoms with Crippen LogP contribution in [0.3, 0.4) is 0 Å². The second-order valence-corrected chi connectivity index (χ2v) is 6.00. The van der Waals surface area contributed by atoms with Crippen LogP contribution in [0.15, 0.2) is 12.7 Å². The van der Waals surface area contributed by atoms with E-state index in [1.54, 1.807) is 0 Å². The fourth-order valence-electron chi connectivity index (χ4n) is 0.913. The van der Waals surface area contributed by atoms with Crippen LogP contribution in [-0.4, -0.2) is 18.2 Å². The highest BCUT2D eigenvalue weighted by Gasteiger charge is 1.90. The van der Waals surface area contributed by atoms with Crippen molar-refractivity contribution in [2.75, 3.05) is 0 Å². The summed E-state index contributed by atoms with van der Waals surface area (Å²) in [5.74, 6) is 0. The van der Waals surface area contributed by atoms with E-state index in [-0.39, 0.29) is 18.2 Å². The molecule has 0 amide bonds. The quantitative estimate of drug-likeness (QED) is 0.346. The molecule has 0 saturated heterocycles. The van der Waals surface area contributed by atoms with Crippen molar-refractivity contribution < 1.29 is 0 Å². The highest BCUT2D eigenvalue weighted by molar-refractivity contribution is 9.23. The summed E-state index contributed by atoms with van der Waals surface area (Å²) in [6, 6.07) is 0. The van der Waals surface area contributed by atoms with E-state index < -0.39 is 0 Å². The largest absolute Gasteiger partial charge is 0.468 e. The van der Waals surface area contributed by atoms with Crippen molar-refractivity contribution in [3.05, 3.63) is 12.7 Å². The van der Waals surface area contributed by atoms with E-state index >= 15 is 0 Å². The maximum atomic E-state index is 3.69. The average Bonchev–Trinajstić information content (AvgIpc) is 1.97. The zero-order valence-electron chi connectivity index (χ0n) is 6.61. The van der Waals surface area contributed by atoms with Crippen LogP contribution in [-0.2, 0) is 0 Å². The molecule has 0 saturated carbocycles. The van der Waals surface area contributed by atoms with Crippen molar-refractivity contribution in [1.29, 1.82) is 0 Å². The van der Waals surface area contributed by atoms with Gasteiger partial charge in [0, 0.05) is 0 Å². The Balaban J connectivity index is 2.70. The van der Waals surface area contributed by atoms with Gasteiger partial charge in [-0.15, -0.1) is 11.1 Å². The molecular weight excluding hydrogens is 200 g/mol. The molecule has 0 radical (unpaired) electrons. The molecule has 0 nitrogen and oxygen atoms in total. The van der Waals surface area contributed by atoms with Gasteiger partial charge < -0.3 is 12.9 Å². The fourth-order valence-corrected chi connectivity index (χ4v) is 2.65. The van der Waals surface area contributed by atoms with Gasteiger partial charge in [-0.25, -0.2) is 0 Å². The molecule has 0 aliphatic rings. The summed E-state index contributed by atoms with van der Waals surface area (Å²) in [6.07, 6.45) is 8.81. The zero-order chi connectivity index (χ0) is 7.66. The third-order valence-electron chi connectivity index (χ3n) is 1.54. The summed E-state index contributed by atoms with van der Waals surface area (Å²) in [5.41, 5.74) is 0. The summed E-state index contributed by atoms with van der Waals surface area (Å²) >= 11 is 3.72. The molecule has 0 spiro atoms. The Hall–Kier alpha value is 0.986. The van der Waals surface area contributed by atoms with Gasteiger partial charge >= 0.3 is 18.2 Å². The molecule has 0 heterocycles. The molecule has 0 N–H and O–H groups in total. The zero-order valence-corrected chi connectivity index (χ0v) is 9.61. The SMILES string of the molecule is C=CCCCCC[CH2][Mg][Br]. The first-order valence-electron chi connectivity index (χ1n) is 4.08. The van der Waals surface area contributed by atoms with E-state index in [1.165, 1.54) is 36.7 Å². The van der Waals surface area contributed by atoms with Crippen LogP contribution >= 0.6 is 12.9 Å². The van der Waals surface area contributed by atoms with E-state index in [9.17, 15) is 0 Å². The minimum Gasteiger partial charge on any atom is -0.307 e. The summed E-state index contributed by atoms with van der Waals surface area (Å²) in [5, 5.41) is 0. The maximum absolute atomic E-state index is 3.69. The summed E-state index contributed by atoms with van der Waals surface area (Å²) in [6.45, 7) is 3.69. The molecule has 2 heteroatoms. The second-order valence-electron chi connectivity index (χ2n) is 2.53. The van der Waals surface area contributed by atoms with Crippen LogP contribution in [0, 0.1) is 0 Å². The Bertz CT molecular complexity index is 73.7. The first kappa shape index (κ1) is 11.0. The average molecular weight is 215 g/mol. The van der Waals surface area contributed by atoms with Crippen LogP contribution in [0.25, 0.3) is 0 Å². The van der Waals surface area contributed by atoms with Gasteiger partial charge in [0.15, 0.2) is 0 Å². The van der Waals surface area contributed by atoms with Gasteiger partial charge in [-0.2, -0.15) is 0 Å². The van der Waals surface area contributed by atoms with E-state index in [4.69, 9.17) is 0 Å². The first-order chi connectivity index (χ1) is 4.91. The normalized spacial score (nSPS) is 8.90. The Morgan fingerprint density at radius 1 is 1.20 bits per heavy atom. The van der Waals surface area contributed by atoms with Crippen LogP contribution < -0.4 is 0 Å². The number of unbranched alkanes of at least 4 members (excludes halogenated alkanes) is 4. The lowest BCUT2D eigenvalue weighted by Gasteiger charge is -1.95. The smallest absolute Gasteiger partial charge is 0.307 e. The molecule has 0 aromatic rings. The van der Waals surface area contributed by atoms with Gasteiger partial charge in [0.05, 0.1) is 0 Å². The molecule has 56 valence electrons. The van der Waals surface area contributed by atoms with Crippen LogP contribution in [0.4, 0.5) is 0 Å². The van der Waals surface area contributed by atoms with Gasteiger partial charge in [-0.3, -0.25) is 0 Å². The van der Waals surface area contributed by atoms with Crippen molar-refractivity contribution in [1.82, 2.24) is 0 Å². The molecule has 10 heavy (non-hydrogen) atoms. The maximum Gasteiger partial charge on any atom is 0.468 e. The predicted molar refractivity (Wildman–Crippen MR) is 52.8 cm³/mol. The number of rotatable bonds is 7. The number of hydrogen-bond acceptors (Lipinski definition) is 0. The fraction of sp³-hybridized carbons (Fsp3) is 0.750. The Labute approximate surface area is 80.1 Å². The third kappa shape index (κ3) is 8.99. The molecule has 0 aromatic carbocycles. The Morgan fingerprint density at radius 3 is 2.50 bits per heavy atom. The number of halogens is 1. The lowest BCUT2D eigenvalue weighted by Crippen LogP contribution is -1.79. The highest BCUT2D eigenvalue weighted by atomic mass is 79.9. The second kappa shape index (κ2) is 9.99. The van der Waals surface area contributed by atoms with Gasteiger partial charge in [0.2, 0.25) is 0 Å². The van der Waals surface area contributed by atoms with Crippen LogP contribution in [0.1, 0.15) is 32.1 Å². The predicted octanol–water partition coefficient (Wildman–Crippen LogP) is 3.56. The van der Waals surface area contributed by atoms with Crippen molar-refractivity contribution in [2.24, 2.45) is 0 Å². The van der Waals surface area contributed by atoms with Gasteiger partial charge in [-0.1, -0.05) is 25.3 Å². The molecule has 0 aromatic heterocycles. The minimum atomic E-state index is 0.167. The van der Waals surface area contributed by atoms with Crippen molar-refractivity contribution in [3.8, 4) is 0 Å². The summed E-state index contributed by atoms with van der Waals surface area (Å²) < 4.78 is 1.47. The van der Waals surface area contributed by atoms with Gasteiger partial charge in [-0.05, 0) is 12.8 Å². The standard InChI is InChI=1S/C8H15.BrH.Mg/c1-3-5-7-8-6-4-2;;/h3H,1-2,4-8H2;1H;/q;;+1/p-1. The van der Waals surface area contributed by atoms with Crippen molar-refractivity contribution >= 4 is 31.1 Å². The molecular formula is C8H15BrMg. The lowest BCUT2D eigenvalue weighted by atomic mass is 10.1. The van der Waals surface area contributed by atoms with Crippen LogP contribution in [0.2, 0.25) is 4.55 Å². The highest BCUT2D eigenvalue weighted by Crippen LogP contribution is 2.06. The first-order valence-corrected chi connectivity index (χ1v) is 8.98.